The predicted octanol–water partition coefficient (Wildman–Crippen LogP) is 5.28. The molecule has 138 valence electrons. The van der Waals surface area contributed by atoms with E-state index < -0.39 is 0 Å². The zero-order valence-corrected chi connectivity index (χ0v) is 15.8. The minimum atomic E-state index is -0.202. The molecular formula is C22H21ClN2O2. The molecule has 1 amide bonds. The van der Waals surface area contributed by atoms with E-state index in [4.69, 9.17) is 16.3 Å². The summed E-state index contributed by atoms with van der Waals surface area (Å²) in [5.41, 5.74) is 3.85. The first-order valence-corrected chi connectivity index (χ1v) is 9.04. The van der Waals surface area contributed by atoms with Crippen LogP contribution in [0.15, 0.2) is 72.8 Å². The number of ether oxygens (including phenoxy) is 1. The first-order valence-electron chi connectivity index (χ1n) is 8.67. The van der Waals surface area contributed by atoms with Gasteiger partial charge in [0.2, 0.25) is 0 Å². The standard InChI is InChI=1S/C22H21ClN2O2/c1-16-6-12-20(13-7-16)27-15-22(26)25-19-10-8-18(9-11-19)24-14-17-4-2-3-5-21(17)23/h2-13,24H,14-15H2,1H3,(H,25,26). The molecule has 3 aromatic carbocycles. The van der Waals surface area contributed by atoms with Crippen LogP contribution in [0.3, 0.4) is 0 Å². The third-order valence-electron chi connectivity index (χ3n) is 4.00. The molecule has 0 radical (unpaired) electrons. The van der Waals surface area contributed by atoms with Crippen molar-refractivity contribution < 1.29 is 9.53 Å². The molecule has 0 fully saturated rings. The normalized spacial score (nSPS) is 10.3. The van der Waals surface area contributed by atoms with Crippen LogP contribution in [0.5, 0.6) is 5.75 Å². The molecule has 27 heavy (non-hydrogen) atoms. The Morgan fingerprint density at radius 3 is 2.30 bits per heavy atom. The number of aryl methyl sites for hydroxylation is 1. The summed E-state index contributed by atoms with van der Waals surface area (Å²) in [7, 11) is 0. The van der Waals surface area contributed by atoms with Gasteiger partial charge in [-0.2, -0.15) is 0 Å². The van der Waals surface area contributed by atoms with Crippen LogP contribution < -0.4 is 15.4 Å². The minimum Gasteiger partial charge on any atom is -0.484 e. The first kappa shape index (κ1) is 18.8. The molecule has 0 unspecified atom stereocenters. The summed E-state index contributed by atoms with van der Waals surface area (Å²) >= 11 is 6.16. The molecule has 3 aromatic rings. The van der Waals surface area contributed by atoms with E-state index in [1.54, 1.807) is 0 Å². The van der Waals surface area contributed by atoms with E-state index >= 15 is 0 Å². The minimum absolute atomic E-state index is 0.0322. The molecule has 0 bridgehead atoms. The Bertz CT molecular complexity index is 893. The number of hydrogen-bond donors (Lipinski definition) is 2. The van der Waals surface area contributed by atoms with Gasteiger partial charge in [0.1, 0.15) is 5.75 Å². The molecule has 0 aliphatic heterocycles. The quantitative estimate of drug-likeness (QED) is 0.586. The highest BCUT2D eigenvalue weighted by Gasteiger charge is 2.04. The molecule has 3 rings (SSSR count). The van der Waals surface area contributed by atoms with Gasteiger partial charge in [0.15, 0.2) is 6.61 Å². The van der Waals surface area contributed by atoms with Crippen LogP contribution in [-0.2, 0) is 11.3 Å². The van der Waals surface area contributed by atoms with Crippen molar-refractivity contribution in [3.05, 3.63) is 88.9 Å². The summed E-state index contributed by atoms with van der Waals surface area (Å²) in [6, 6.07) is 22.8. The summed E-state index contributed by atoms with van der Waals surface area (Å²) in [6.07, 6.45) is 0. The van der Waals surface area contributed by atoms with E-state index in [1.165, 1.54) is 0 Å². The van der Waals surface area contributed by atoms with Crippen molar-refractivity contribution in [2.45, 2.75) is 13.5 Å². The van der Waals surface area contributed by atoms with E-state index in [9.17, 15) is 4.79 Å². The number of carbonyl (C=O) groups is 1. The van der Waals surface area contributed by atoms with Crippen LogP contribution in [0.2, 0.25) is 5.02 Å². The lowest BCUT2D eigenvalue weighted by molar-refractivity contribution is -0.118. The molecule has 4 nitrogen and oxygen atoms in total. The van der Waals surface area contributed by atoms with Crippen LogP contribution in [0, 0.1) is 6.92 Å². The molecule has 0 atom stereocenters. The lowest BCUT2D eigenvalue weighted by Crippen LogP contribution is -2.20. The van der Waals surface area contributed by atoms with Crippen LogP contribution >= 0.6 is 11.6 Å². The molecule has 5 heteroatoms. The van der Waals surface area contributed by atoms with E-state index in [0.29, 0.717) is 12.3 Å². The number of hydrogen-bond acceptors (Lipinski definition) is 3. The van der Waals surface area contributed by atoms with Gasteiger partial charge in [-0.25, -0.2) is 0 Å². The Labute approximate surface area is 164 Å². The second kappa shape index (κ2) is 9.10. The predicted molar refractivity (Wildman–Crippen MR) is 111 cm³/mol. The highest BCUT2D eigenvalue weighted by atomic mass is 35.5. The number of benzene rings is 3. The van der Waals surface area contributed by atoms with E-state index in [1.807, 2.05) is 79.7 Å². The van der Waals surface area contributed by atoms with Crippen molar-refractivity contribution in [2.24, 2.45) is 0 Å². The topological polar surface area (TPSA) is 50.4 Å². The average Bonchev–Trinajstić information content (AvgIpc) is 2.68. The number of carbonyl (C=O) groups excluding carboxylic acids is 1. The maximum Gasteiger partial charge on any atom is 0.262 e. The number of anilines is 2. The highest BCUT2D eigenvalue weighted by molar-refractivity contribution is 6.31. The number of amides is 1. The first-order chi connectivity index (χ1) is 13.1. The van der Waals surface area contributed by atoms with Gasteiger partial charge in [-0.05, 0) is 55.0 Å². The monoisotopic (exact) mass is 380 g/mol. The Morgan fingerprint density at radius 2 is 1.59 bits per heavy atom. The van der Waals surface area contributed by atoms with Gasteiger partial charge in [0.05, 0.1) is 0 Å². The van der Waals surface area contributed by atoms with Crippen LogP contribution in [0.4, 0.5) is 11.4 Å². The summed E-state index contributed by atoms with van der Waals surface area (Å²) in [5, 5.41) is 6.87. The Morgan fingerprint density at radius 1 is 0.926 bits per heavy atom. The Hall–Kier alpha value is -2.98. The van der Waals surface area contributed by atoms with E-state index in [2.05, 4.69) is 10.6 Å². The summed E-state index contributed by atoms with van der Waals surface area (Å²) < 4.78 is 5.48. The number of nitrogens with one attached hydrogen (secondary N) is 2. The average molecular weight is 381 g/mol. The fraction of sp³-hybridized carbons (Fsp3) is 0.136. The smallest absolute Gasteiger partial charge is 0.262 e. The van der Waals surface area contributed by atoms with E-state index in [-0.39, 0.29) is 12.5 Å². The molecule has 2 N–H and O–H groups in total. The van der Waals surface area contributed by atoms with Gasteiger partial charge in [-0.3, -0.25) is 4.79 Å². The van der Waals surface area contributed by atoms with Crippen molar-refractivity contribution in [2.75, 3.05) is 17.2 Å². The van der Waals surface area contributed by atoms with Gasteiger partial charge >= 0.3 is 0 Å². The second-order valence-electron chi connectivity index (χ2n) is 6.17. The third-order valence-corrected chi connectivity index (χ3v) is 4.37. The Kier molecular flexibility index (Phi) is 6.34. The van der Waals surface area contributed by atoms with Gasteiger partial charge in [-0.15, -0.1) is 0 Å². The van der Waals surface area contributed by atoms with Crippen molar-refractivity contribution in [3.63, 3.8) is 0 Å². The van der Waals surface area contributed by atoms with Crippen molar-refractivity contribution >= 4 is 28.9 Å². The second-order valence-corrected chi connectivity index (χ2v) is 6.58. The summed E-state index contributed by atoms with van der Waals surface area (Å²) in [5.74, 6) is 0.474. The molecule has 0 spiro atoms. The zero-order chi connectivity index (χ0) is 19.1. The molecule has 0 aromatic heterocycles. The lowest BCUT2D eigenvalue weighted by Gasteiger charge is -2.10. The fourth-order valence-corrected chi connectivity index (χ4v) is 2.69. The van der Waals surface area contributed by atoms with Gasteiger partial charge < -0.3 is 15.4 Å². The molecule has 0 aliphatic carbocycles. The van der Waals surface area contributed by atoms with Crippen molar-refractivity contribution in [1.82, 2.24) is 0 Å². The van der Waals surface area contributed by atoms with Crippen molar-refractivity contribution in [3.8, 4) is 5.75 Å². The van der Waals surface area contributed by atoms with Crippen molar-refractivity contribution in [1.29, 1.82) is 0 Å². The molecular weight excluding hydrogens is 360 g/mol. The van der Waals surface area contributed by atoms with Crippen LogP contribution in [0.25, 0.3) is 0 Å². The van der Waals surface area contributed by atoms with Gasteiger partial charge in [-0.1, -0.05) is 47.5 Å². The largest absolute Gasteiger partial charge is 0.484 e. The highest BCUT2D eigenvalue weighted by Crippen LogP contribution is 2.18. The number of halogens is 1. The molecule has 0 aliphatic rings. The summed E-state index contributed by atoms with van der Waals surface area (Å²) in [4.78, 5) is 12.0. The maximum absolute atomic E-state index is 12.0. The van der Waals surface area contributed by atoms with E-state index in [0.717, 1.165) is 27.5 Å². The Balaban J connectivity index is 1.47. The van der Waals surface area contributed by atoms with Crippen LogP contribution in [0.1, 0.15) is 11.1 Å². The van der Waals surface area contributed by atoms with Gasteiger partial charge in [0.25, 0.3) is 5.91 Å². The molecule has 0 saturated heterocycles. The fourth-order valence-electron chi connectivity index (χ4n) is 2.49. The zero-order valence-electron chi connectivity index (χ0n) is 15.0. The van der Waals surface area contributed by atoms with Crippen LogP contribution in [-0.4, -0.2) is 12.5 Å². The molecule has 0 saturated carbocycles. The van der Waals surface area contributed by atoms with Gasteiger partial charge in [0, 0.05) is 22.9 Å². The maximum atomic E-state index is 12.0. The summed E-state index contributed by atoms with van der Waals surface area (Å²) in [6.45, 7) is 2.61. The third kappa shape index (κ3) is 5.76. The SMILES string of the molecule is Cc1ccc(OCC(=O)Nc2ccc(NCc3ccccc3Cl)cc2)cc1. The molecule has 0 heterocycles. The lowest BCUT2D eigenvalue weighted by atomic mass is 10.2. The number of rotatable bonds is 7.